The Labute approximate surface area is 176 Å². The first-order valence-corrected chi connectivity index (χ1v) is 9.72. The Morgan fingerprint density at radius 2 is 2.04 bits per heavy atom. The first-order valence-electron chi connectivity index (χ1n) is 8.84. The molecule has 0 spiro atoms. The van der Waals surface area contributed by atoms with Crippen LogP contribution in [-0.4, -0.2) is 42.5 Å². The molecule has 0 bridgehead atoms. The highest BCUT2D eigenvalue weighted by Crippen LogP contribution is 2.15. The lowest BCUT2D eigenvalue weighted by Gasteiger charge is -2.21. The van der Waals surface area contributed by atoms with Gasteiger partial charge in [0.25, 0.3) is 0 Å². The van der Waals surface area contributed by atoms with E-state index in [0.717, 1.165) is 38.4 Å². The van der Waals surface area contributed by atoms with Crippen molar-refractivity contribution in [1.82, 2.24) is 15.2 Å². The van der Waals surface area contributed by atoms with Gasteiger partial charge in [-0.3, -0.25) is 4.99 Å². The summed E-state index contributed by atoms with van der Waals surface area (Å²) in [6, 6.07) is 14.9. The summed E-state index contributed by atoms with van der Waals surface area (Å²) in [5.41, 5.74) is 2.43. The molecule has 0 saturated heterocycles. The number of likely N-dealkylation sites (N-methyl/N-ethyl adjacent to an activating group) is 1. The number of fused-ring (bicyclic) bond motifs is 1. The lowest BCUT2D eigenvalue weighted by Crippen LogP contribution is -2.40. The van der Waals surface area contributed by atoms with Gasteiger partial charge in [-0.1, -0.05) is 24.3 Å². The molecule has 0 unspecified atom stereocenters. The van der Waals surface area contributed by atoms with Gasteiger partial charge in [-0.25, -0.2) is 0 Å². The van der Waals surface area contributed by atoms with Crippen LogP contribution in [-0.2, 0) is 12.8 Å². The standard InChI is InChI=1S/C20H26N4S.HI/c1-3-21-20(24(2)13-11-18-8-6-14-25-18)22-12-10-17-15-16-7-4-5-9-19(16)23-17;/h4-9,14-15,23H,3,10-13H2,1-2H3,(H,21,22);1H. The van der Waals surface area contributed by atoms with E-state index < -0.39 is 0 Å². The first kappa shape index (κ1) is 20.8. The molecule has 0 aliphatic heterocycles. The van der Waals surface area contributed by atoms with E-state index in [1.165, 1.54) is 21.5 Å². The van der Waals surface area contributed by atoms with E-state index in [1.54, 1.807) is 0 Å². The highest BCUT2D eigenvalue weighted by molar-refractivity contribution is 14.0. The second-order valence-electron chi connectivity index (χ2n) is 6.12. The third-order valence-electron chi connectivity index (χ3n) is 4.20. The molecule has 0 aliphatic carbocycles. The largest absolute Gasteiger partial charge is 0.358 e. The Morgan fingerprint density at radius 1 is 1.19 bits per heavy atom. The molecule has 3 aromatic rings. The Morgan fingerprint density at radius 3 is 2.77 bits per heavy atom. The molecule has 2 heterocycles. The number of halogens is 1. The summed E-state index contributed by atoms with van der Waals surface area (Å²) in [5, 5.41) is 6.79. The number of aromatic amines is 1. The first-order chi connectivity index (χ1) is 12.3. The number of guanidine groups is 1. The van der Waals surface area contributed by atoms with Crippen molar-refractivity contribution in [3.8, 4) is 0 Å². The molecule has 6 heteroatoms. The molecule has 1 aromatic carbocycles. The minimum absolute atomic E-state index is 0. The van der Waals surface area contributed by atoms with Gasteiger partial charge in [0.1, 0.15) is 0 Å². The van der Waals surface area contributed by atoms with Crippen molar-refractivity contribution in [2.45, 2.75) is 19.8 Å². The van der Waals surface area contributed by atoms with Crippen LogP contribution in [0.5, 0.6) is 0 Å². The van der Waals surface area contributed by atoms with Gasteiger partial charge in [-0.2, -0.15) is 0 Å². The van der Waals surface area contributed by atoms with E-state index in [0.29, 0.717) is 0 Å². The molecule has 2 N–H and O–H groups in total. The van der Waals surface area contributed by atoms with Crippen LogP contribution in [0.3, 0.4) is 0 Å². The number of nitrogens with one attached hydrogen (secondary N) is 2. The lowest BCUT2D eigenvalue weighted by molar-refractivity contribution is 0.487. The van der Waals surface area contributed by atoms with Crippen molar-refractivity contribution in [2.75, 3.05) is 26.7 Å². The van der Waals surface area contributed by atoms with E-state index in [4.69, 9.17) is 4.99 Å². The summed E-state index contributed by atoms with van der Waals surface area (Å²) < 4.78 is 0. The van der Waals surface area contributed by atoms with Crippen molar-refractivity contribution in [3.63, 3.8) is 0 Å². The molecule has 0 amide bonds. The molecular weight excluding hydrogens is 455 g/mol. The molecule has 0 atom stereocenters. The normalized spacial score (nSPS) is 11.4. The number of hydrogen-bond acceptors (Lipinski definition) is 2. The van der Waals surface area contributed by atoms with E-state index in [2.05, 4.69) is 77.0 Å². The van der Waals surface area contributed by atoms with Gasteiger partial charge in [0.05, 0.1) is 0 Å². The molecule has 0 radical (unpaired) electrons. The molecule has 2 aromatic heterocycles. The van der Waals surface area contributed by atoms with Gasteiger partial charge < -0.3 is 15.2 Å². The van der Waals surface area contributed by atoms with Crippen LogP contribution in [0.1, 0.15) is 17.5 Å². The van der Waals surface area contributed by atoms with Crippen molar-refractivity contribution in [1.29, 1.82) is 0 Å². The fourth-order valence-corrected chi connectivity index (χ4v) is 3.56. The molecule has 0 aliphatic rings. The number of thiophene rings is 1. The topological polar surface area (TPSA) is 43.4 Å². The zero-order chi connectivity index (χ0) is 17.5. The Balaban J connectivity index is 0.00000243. The Hall–Kier alpha value is -1.54. The number of aromatic nitrogens is 1. The van der Waals surface area contributed by atoms with E-state index in [1.807, 2.05) is 11.3 Å². The quantitative estimate of drug-likeness (QED) is 0.295. The third-order valence-corrected chi connectivity index (χ3v) is 5.13. The Bertz CT molecular complexity index is 777. The number of H-pyrrole nitrogens is 1. The summed E-state index contributed by atoms with van der Waals surface area (Å²) in [4.78, 5) is 11.9. The van der Waals surface area contributed by atoms with Crippen LogP contribution in [0.25, 0.3) is 10.9 Å². The maximum absolute atomic E-state index is 4.79. The van der Waals surface area contributed by atoms with Gasteiger partial charge >= 0.3 is 0 Å². The van der Waals surface area contributed by atoms with Gasteiger partial charge in [-0.15, -0.1) is 35.3 Å². The molecular formula is C20H27IN4S. The van der Waals surface area contributed by atoms with Gasteiger partial charge in [0.2, 0.25) is 0 Å². The molecule has 0 fully saturated rings. The zero-order valence-corrected chi connectivity index (χ0v) is 18.5. The van der Waals surface area contributed by atoms with Crippen molar-refractivity contribution in [3.05, 3.63) is 58.4 Å². The summed E-state index contributed by atoms with van der Waals surface area (Å²) in [6.45, 7) is 4.74. The van der Waals surface area contributed by atoms with Crippen LogP contribution in [0.4, 0.5) is 0 Å². The lowest BCUT2D eigenvalue weighted by atomic mass is 10.2. The smallest absolute Gasteiger partial charge is 0.193 e. The molecule has 26 heavy (non-hydrogen) atoms. The summed E-state index contributed by atoms with van der Waals surface area (Å²) in [7, 11) is 2.11. The third kappa shape index (κ3) is 5.74. The Kier molecular flexibility index (Phi) is 8.44. The number of aliphatic imine (C=N–C) groups is 1. The number of nitrogens with zero attached hydrogens (tertiary/aromatic N) is 2. The highest BCUT2D eigenvalue weighted by Gasteiger charge is 2.06. The SMILES string of the molecule is CCNC(=NCCc1cc2ccccc2[nH]1)N(C)CCc1cccs1.I. The molecule has 4 nitrogen and oxygen atoms in total. The summed E-state index contributed by atoms with van der Waals surface area (Å²) >= 11 is 1.82. The minimum atomic E-state index is 0. The van der Waals surface area contributed by atoms with Gasteiger partial charge in [-0.05, 0) is 42.3 Å². The fraction of sp³-hybridized carbons (Fsp3) is 0.350. The predicted molar refractivity (Wildman–Crippen MR) is 124 cm³/mol. The van der Waals surface area contributed by atoms with Crippen LogP contribution in [0.15, 0.2) is 52.8 Å². The monoisotopic (exact) mass is 482 g/mol. The average molecular weight is 482 g/mol. The van der Waals surface area contributed by atoms with Gasteiger partial charge in [0.15, 0.2) is 5.96 Å². The minimum Gasteiger partial charge on any atom is -0.358 e. The number of hydrogen-bond donors (Lipinski definition) is 2. The molecule has 0 saturated carbocycles. The van der Waals surface area contributed by atoms with Crippen molar-refractivity contribution < 1.29 is 0 Å². The molecule has 140 valence electrons. The average Bonchev–Trinajstić information content (AvgIpc) is 3.28. The predicted octanol–water partition coefficient (Wildman–Crippen LogP) is 4.53. The van der Waals surface area contributed by atoms with Crippen LogP contribution in [0, 0.1) is 0 Å². The van der Waals surface area contributed by atoms with E-state index in [-0.39, 0.29) is 24.0 Å². The fourth-order valence-electron chi connectivity index (χ4n) is 2.86. The second kappa shape index (κ2) is 10.6. The number of rotatable bonds is 7. The van der Waals surface area contributed by atoms with Crippen LogP contribution >= 0.6 is 35.3 Å². The highest BCUT2D eigenvalue weighted by atomic mass is 127. The maximum Gasteiger partial charge on any atom is 0.193 e. The van der Waals surface area contributed by atoms with Crippen molar-refractivity contribution >= 4 is 52.2 Å². The van der Waals surface area contributed by atoms with E-state index in [9.17, 15) is 0 Å². The summed E-state index contributed by atoms with van der Waals surface area (Å²) in [5.74, 6) is 0.982. The number of para-hydroxylation sites is 1. The zero-order valence-electron chi connectivity index (χ0n) is 15.4. The van der Waals surface area contributed by atoms with Crippen LogP contribution in [0.2, 0.25) is 0 Å². The van der Waals surface area contributed by atoms with Crippen molar-refractivity contribution in [2.24, 2.45) is 4.99 Å². The second-order valence-corrected chi connectivity index (χ2v) is 7.15. The molecule has 3 rings (SSSR count). The van der Waals surface area contributed by atoms with Gasteiger partial charge in [0, 0.05) is 49.2 Å². The van der Waals surface area contributed by atoms with E-state index >= 15 is 0 Å². The van der Waals surface area contributed by atoms with Crippen LogP contribution < -0.4 is 5.32 Å². The number of benzene rings is 1. The summed E-state index contributed by atoms with van der Waals surface area (Å²) in [6.07, 6.45) is 1.98. The maximum atomic E-state index is 4.79.